The Kier molecular flexibility index (Phi) is 4.43. The summed E-state index contributed by atoms with van der Waals surface area (Å²) in [5.74, 6) is 0. The first-order chi connectivity index (χ1) is 11.3. The molecular formula is C19H27N3O2. The lowest BCUT2D eigenvalue weighted by atomic mass is 10.0. The summed E-state index contributed by atoms with van der Waals surface area (Å²) in [6.45, 7) is 7.18. The normalized spacial score (nSPS) is 16.4. The second-order valence-electron chi connectivity index (χ2n) is 7.59. The minimum atomic E-state index is -0.433. The number of benzene rings is 1. The monoisotopic (exact) mass is 329 g/mol. The molecule has 3 rings (SSSR count). The highest BCUT2D eigenvalue weighted by Crippen LogP contribution is 2.23. The van der Waals surface area contributed by atoms with E-state index in [9.17, 15) is 4.79 Å². The van der Waals surface area contributed by atoms with Crippen LogP contribution < -0.4 is 5.32 Å². The van der Waals surface area contributed by atoms with Gasteiger partial charge in [-0.05, 0) is 57.9 Å². The van der Waals surface area contributed by atoms with Gasteiger partial charge in [0, 0.05) is 49.0 Å². The first-order valence-corrected chi connectivity index (χ1v) is 8.61. The van der Waals surface area contributed by atoms with E-state index >= 15 is 0 Å². The third kappa shape index (κ3) is 3.83. The van der Waals surface area contributed by atoms with Crippen LogP contribution >= 0.6 is 0 Å². The van der Waals surface area contributed by atoms with Crippen LogP contribution in [0.2, 0.25) is 0 Å². The average Bonchev–Trinajstić information content (AvgIpc) is 2.87. The molecule has 130 valence electrons. The van der Waals surface area contributed by atoms with E-state index in [0.29, 0.717) is 6.04 Å². The molecule has 1 fully saturated rings. The number of ether oxygens (including phenoxy) is 1. The lowest BCUT2D eigenvalue weighted by Crippen LogP contribution is -2.44. The molecule has 2 heterocycles. The molecule has 1 aliphatic rings. The van der Waals surface area contributed by atoms with Gasteiger partial charge in [0.05, 0.1) is 0 Å². The van der Waals surface area contributed by atoms with Crippen molar-refractivity contribution in [2.45, 2.75) is 45.3 Å². The Morgan fingerprint density at radius 3 is 2.58 bits per heavy atom. The van der Waals surface area contributed by atoms with E-state index in [1.54, 1.807) is 0 Å². The van der Waals surface area contributed by atoms with Crippen LogP contribution in [0.5, 0.6) is 0 Å². The summed E-state index contributed by atoms with van der Waals surface area (Å²) < 4.78 is 7.57. The zero-order valence-electron chi connectivity index (χ0n) is 15.0. The minimum absolute atomic E-state index is 0.202. The SMILES string of the molecule is Cn1ccc2cc(NC3CCN(C(=O)OC(C)(C)C)CC3)ccc21. The molecule has 0 spiro atoms. The fourth-order valence-electron chi connectivity index (χ4n) is 3.14. The van der Waals surface area contributed by atoms with E-state index < -0.39 is 5.60 Å². The summed E-state index contributed by atoms with van der Waals surface area (Å²) in [6.07, 6.45) is 3.75. The Labute approximate surface area is 143 Å². The van der Waals surface area contributed by atoms with Gasteiger partial charge in [-0.15, -0.1) is 0 Å². The average molecular weight is 329 g/mol. The number of aromatic nitrogens is 1. The first-order valence-electron chi connectivity index (χ1n) is 8.61. The number of hydrogen-bond acceptors (Lipinski definition) is 3. The summed E-state index contributed by atoms with van der Waals surface area (Å²) in [4.78, 5) is 13.9. The summed E-state index contributed by atoms with van der Waals surface area (Å²) >= 11 is 0. The zero-order valence-corrected chi connectivity index (χ0v) is 15.0. The van der Waals surface area contributed by atoms with Gasteiger partial charge in [0.25, 0.3) is 0 Å². The van der Waals surface area contributed by atoms with Crippen molar-refractivity contribution < 1.29 is 9.53 Å². The number of rotatable bonds is 2. The van der Waals surface area contributed by atoms with Crippen LogP contribution in [0.25, 0.3) is 10.9 Å². The molecule has 0 radical (unpaired) electrons. The molecule has 1 amide bonds. The number of amides is 1. The fourth-order valence-corrected chi connectivity index (χ4v) is 3.14. The maximum absolute atomic E-state index is 12.1. The molecule has 0 unspecified atom stereocenters. The highest BCUT2D eigenvalue weighted by atomic mass is 16.6. The third-order valence-electron chi connectivity index (χ3n) is 4.40. The van der Waals surface area contributed by atoms with Gasteiger partial charge in [-0.2, -0.15) is 0 Å². The molecule has 1 aliphatic heterocycles. The molecule has 0 atom stereocenters. The number of carbonyl (C=O) groups is 1. The second kappa shape index (κ2) is 6.38. The number of likely N-dealkylation sites (tertiary alicyclic amines) is 1. The maximum Gasteiger partial charge on any atom is 0.410 e. The molecule has 5 nitrogen and oxygen atoms in total. The largest absolute Gasteiger partial charge is 0.444 e. The molecule has 0 bridgehead atoms. The number of hydrogen-bond donors (Lipinski definition) is 1. The second-order valence-corrected chi connectivity index (χ2v) is 7.59. The number of carbonyl (C=O) groups excluding carboxylic acids is 1. The molecule has 2 aromatic rings. The molecule has 5 heteroatoms. The van der Waals surface area contributed by atoms with Crippen molar-refractivity contribution >= 4 is 22.7 Å². The molecule has 0 aliphatic carbocycles. The summed E-state index contributed by atoms with van der Waals surface area (Å²) in [5, 5.41) is 4.85. The number of piperidine rings is 1. The molecule has 1 aromatic carbocycles. The van der Waals surface area contributed by atoms with Crippen LogP contribution in [0.1, 0.15) is 33.6 Å². The summed E-state index contributed by atoms with van der Waals surface area (Å²) in [5.41, 5.74) is 1.95. The minimum Gasteiger partial charge on any atom is -0.444 e. The van der Waals surface area contributed by atoms with Crippen LogP contribution in [0.4, 0.5) is 10.5 Å². The van der Waals surface area contributed by atoms with Gasteiger partial charge in [-0.1, -0.05) is 0 Å². The molecular weight excluding hydrogens is 302 g/mol. The Hall–Kier alpha value is -2.17. The summed E-state index contributed by atoms with van der Waals surface area (Å²) in [6, 6.07) is 8.99. The van der Waals surface area contributed by atoms with E-state index in [-0.39, 0.29) is 6.09 Å². The van der Waals surface area contributed by atoms with Crippen molar-refractivity contribution in [2.24, 2.45) is 7.05 Å². The molecule has 1 saturated heterocycles. The van der Waals surface area contributed by atoms with Crippen LogP contribution in [0.15, 0.2) is 30.5 Å². The van der Waals surface area contributed by atoms with Gasteiger partial charge in [-0.3, -0.25) is 0 Å². The van der Waals surface area contributed by atoms with Crippen molar-refractivity contribution in [3.05, 3.63) is 30.5 Å². The quantitative estimate of drug-likeness (QED) is 0.906. The number of anilines is 1. The van der Waals surface area contributed by atoms with Crippen molar-refractivity contribution in [1.29, 1.82) is 0 Å². The number of fused-ring (bicyclic) bond motifs is 1. The van der Waals surface area contributed by atoms with E-state index in [2.05, 4.69) is 47.4 Å². The van der Waals surface area contributed by atoms with Crippen molar-refractivity contribution in [3.63, 3.8) is 0 Å². The number of aryl methyl sites for hydroxylation is 1. The van der Waals surface area contributed by atoms with Crippen LogP contribution in [-0.2, 0) is 11.8 Å². The Morgan fingerprint density at radius 2 is 1.92 bits per heavy atom. The van der Waals surface area contributed by atoms with Gasteiger partial charge < -0.3 is 19.5 Å². The van der Waals surface area contributed by atoms with Crippen molar-refractivity contribution in [1.82, 2.24) is 9.47 Å². The summed E-state index contributed by atoms with van der Waals surface area (Å²) in [7, 11) is 2.06. The predicted molar refractivity (Wildman–Crippen MR) is 97.4 cm³/mol. The van der Waals surface area contributed by atoms with Crippen molar-refractivity contribution in [3.8, 4) is 0 Å². The first kappa shape index (κ1) is 16.7. The van der Waals surface area contributed by atoms with Crippen molar-refractivity contribution in [2.75, 3.05) is 18.4 Å². The molecule has 1 aromatic heterocycles. The maximum atomic E-state index is 12.1. The van der Waals surface area contributed by atoms with Crippen LogP contribution in [0.3, 0.4) is 0 Å². The molecule has 0 saturated carbocycles. The van der Waals surface area contributed by atoms with Gasteiger partial charge in [0.15, 0.2) is 0 Å². The van der Waals surface area contributed by atoms with E-state index in [1.165, 1.54) is 10.9 Å². The van der Waals surface area contributed by atoms with E-state index in [4.69, 9.17) is 4.74 Å². The third-order valence-corrected chi connectivity index (χ3v) is 4.40. The van der Waals surface area contributed by atoms with Gasteiger partial charge >= 0.3 is 6.09 Å². The highest BCUT2D eigenvalue weighted by Gasteiger charge is 2.26. The number of nitrogens with zero attached hydrogens (tertiary/aromatic N) is 2. The van der Waals surface area contributed by atoms with E-state index in [0.717, 1.165) is 31.6 Å². The fraction of sp³-hybridized carbons (Fsp3) is 0.526. The van der Waals surface area contributed by atoms with Crippen LogP contribution in [0, 0.1) is 0 Å². The Balaban J connectivity index is 1.55. The smallest absolute Gasteiger partial charge is 0.410 e. The Morgan fingerprint density at radius 1 is 1.21 bits per heavy atom. The Bertz CT molecular complexity index is 722. The molecule has 1 N–H and O–H groups in total. The van der Waals surface area contributed by atoms with E-state index in [1.807, 2.05) is 25.7 Å². The lowest BCUT2D eigenvalue weighted by molar-refractivity contribution is 0.0210. The topological polar surface area (TPSA) is 46.5 Å². The predicted octanol–water partition coefficient (Wildman–Crippen LogP) is 3.99. The van der Waals surface area contributed by atoms with Gasteiger partial charge in [0.1, 0.15) is 5.60 Å². The standard InChI is InChI=1S/C19H27N3O2/c1-19(2,3)24-18(23)22-11-8-15(9-12-22)20-16-5-6-17-14(13-16)7-10-21(17)4/h5-7,10,13,15,20H,8-9,11-12H2,1-4H3. The lowest BCUT2D eigenvalue weighted by Gasteiger charge is -2.34. The van der Waals surface area contributed by atoms with Crippen LogP contribution in [-0.4, -0.2) is 40.3 Å². The zero-order chi connectivity index (χ0) is 17.3. The van der Waals surface area contributed by atoms with Gasteiger partial charge in [0.2, 0.25) is 0 Å². The molecule has 24 heavy (non-hydrogen) atoms. The highest BCUT2D eigenvalue weighted by molar-refractivity contribution is 5.83. The number of nitrogens with one attached hydrogen (secondary N) is 1. The van der Waals surface area contributed by atoms with Gasteiger partial charge in [-0.25, -0.2) is 4.79 Å².